The normalized spacial score (nSPS) is 18.5. The van der Waals surface area contributed by atoms with Gasteiger partial charge in [-0.1, -0.05) is 12.1 Å². The number of carboxylic acid groups (broad SMARTS) is 1. The van der Waals surface area contributed by atoms with E-state index in [4.69, 9.17) is 19.7 Å². The molecule has 1 heterocycles. The van der Waals surface area contributed by atoms with Gasteiger partial charge in [-0.2, -0.15) is 0 Å². The third-order valence-electron chi connectivity index (χ3n) is 2.60. The highest BCUT2D eigenvalue weighted by Gasteiger charge is 2.30. The Bertz CT molecular complexity index is 489. The summed E-state index contributed by atoms with van der Waals surface area (Å²) in [5.41, 5.74) is 0. The van der Waals surface area contributed by atoms with Crippen LogP contribution in [-0.2, 0) is 9.59 Å². The summed E-state index contributed by atoms with van der Waals surface area (Å²) in [4.78, 5) is 22.5. The van der Waals surface area contributed by atoms with E-state index in [1.165, 1.54) is 0 Å². The first-order valence-electron chi connectivity index (χ1n) is 5.64. The number of ether oxygens (including phenoxy) is 2. The zero-order chi connectivity index (χ0) is 13.8. The van der Waals surface area contributed by atoms with Crippen molar-refractivity contribution in [1.82, 2.24) is 5.32 Å². The predicted molar refractivity (Wildman–Crippen MR) is 63.0 cm³/mol. The maximum Gasteiger partial charge on any atom is 0.328 e. The number of fused-ring (bicyclic) bond motifs is 1. The molecule has 1 unspecified atom stereocenters. The minimum Gasteiger partial charge on any atom is -0.485 e. The van der Waals surface area contributed by atoms with Crippen LogP contribution in [0.4, 0.5) is 0 Å². The Morgan fingerprint density at radius 3 is 2.68 bits per heavy atom. The Kier molecular flexibility index (Phi) is 3.86. The average molecular weight is 267 g/mol. The second-order valence-corrected chi connectivity index (χ2v) is 3.95. The number of aliphatic hydroxyl groups is 1. The number of nitrogens with one attached hydrogen (secondary N) is 1. The van der Waals surface area contributed by atoms with Crippen molar-refractivity contribution in [2.24, 2.45) is 0 Å². The van der Waals surface area contributed by atoms with Gasteiger partial charge in [0.25, 0.3) is 5.91 Å². The summed E-state index contributed by atoms with van der Waals surface area (Å²) in [7, 11) is 0. The van der Waals surface area contributed by atoms with E-state index in [0.717, 1.165) is 0 Å². The zero-order valence-electron chi connectivity index (χ0n) is 9.91. The van der Waals surface area contributed by atoms with Crippen molar-refractivity contribution < 1.29 is 29.3 Å². The molecular weight excluding hydrogens is 254 g/mol. The van der Waals surface area contributed by atoms with Gasteiger partial charge in [-0.15, -0.1) is 0 Å². The first kappa shape index (κ1) is 13.2. The average Bonchev–Trinajstić information content (AvgIpc) is 2.43. The van der Waals surface area contributed by atoms with Gasteiger partial charge in [-0.25, -0.2) is 4.79 Å². The molecule has 19 heavy (non-hydrogen) atoms. The Morgan fingerprint density at radius 1 is 1.37 bits per heavy atom. The van der Waals surface area contributed by atoms with E-state index in [2.05, 4.69) is 5.32 Å². The van der Waals surface area contributed by atoms with Gasteiger partial charge in [-0.05, 0) is 12.1 Å². The number of rotatable bonds is 4. The molecule has 0 saturated carbocycles. The van der Waals surface area contributed by atoms with Gasteiger partial charge in [0.1, 0.15) is 12.6 Å². The molecule has 7 nitrogen and oxygen atoms in total. The molecule has 0 bridgehead atoms. The summed E-state index contributed by atoms with van der Waals surface area (Å²) in [6.07, 6.45) is -0.941. The molecule has 0 aliphatic carbocycles. The fourth-order valence-corrected chi connectivity index (χ4v) is 1.60. The SMILES string of the molecule is O=C(N[C@H](CO)C(=O)O)C1COc2ccccc2O1. The lowest BCUT2D eigenvalue weighted by atomic mass is 10.2. The summed E-state index contributed by atoms with van der Waals surface area (Å²) in [6.45, 7) is -0.703. The number of carbonyl (C=O) groups excluding carboxylic acids is 1. The van der Waals surface area contributed by atoms with Crippen molar-refractivity contribution in [3.8, 4) is 11.5 Å². The minimum atomic E-state index is -1.35. The maximum atomic E-state index is 11.8. The summed E-state index contributed by atoms with van der Waals surface area (Å²) >= 11 is 0. The molecule has 0 saturated heterocycles. The van der Waals surface area contributed by atoms with Crippen LogP contribution in [0.15, 0.2) is 24.3 Å². The zero-order valence-corrected chi connectivity index (χ0v) is 9.91. The van der Waals surface area contributed by atoms with Crippen LogP contribution in [0, 0.1) is 0 Å². The van der Waals surface area contributed by atoms with E-state index in [1.807, 2.05) is 0 Å². The largest absolute Gasteiger partial charge is 0.485 e. The number of carboxylic acids is 1. The third kappa shape index (κ3) is 2.94. The van der Waals surface area contributed by atoms with Crippen LogP contribution in [-0.4, -0.2) is 47.4 Å². The number of carbonyl (C=O) groups is 2. The second-order valence-electron chi connectivity index (χ2n) is 3.95. The Hall–Kier alpha value is -2.28. The molecule has 0 aromatic heterocycles. The predicted octanol–water partition coefficient (Wildman–Crippen LogP) is -0.612. The molecule has 1 aliphatic rings. The molecule has 7 heteroatoms. The van der Waals surface area contributed by atoms with E-state index in [-0.39, 0.29) is 6.61 Å². The standard InChI is InChI=1S/C12H13NO6/c14-5-7(12(16)17)13-11(15)10-6-18-8-3-1-2-4-9(8)19-10/h1-4,7,10,14H,5-6H2,(H,13,15)(H,16,17)/t7-,10?/m1/s1. The molecule has 0 radical (unpaired) electrons. The highest BCUT2D eigenvalue weighted by molar-refractivity contribution is 5.87. The monoisotopic (exact) mass is 267 g/mol. The van der Waals surface area contributed by atoms with Crippen molar-refractivity contribution in [2.75, 3.05) is 13.2 Å². The number of aliphatic hydroxyl groups excluding tert-OH is 1. The smallest absolute Gasteiger partial charge is 0.328 e. The van der Waals surface area contributed by atoms with Crippen molar-refractivity contribution in [1.29, 1.82) is 0 Å². The molecule has 0 fully saturated rings. The van der Waals surface area contributed by atoms with Gasteiger partial charge in [0.05, 0.1) is 6.61 Å². The quantitative estimate of drug-likeness (QED) is 0.672. The first-order valence-corrected chi connectivity index (χ1v) is 5.64. The van der Waals surface area contributed by atoms with E-state index in [1.54, 1.807) is 24.3 Å². The molecule has 1 aromatic carbocycles. The fraction of sp³-hybridized carbons (Fsp3) is 0.333. The number of aliphatic carboxylic acids is 1. The summed E-state index contributed by atoms with van der Waals surface area (Å²) in [6, 6.07) is 5.51. The molecule has 0 spiro atoms. The van der Waals surface area contributed by atoms with Crippen molar-refractivity contribution in [3.63, 3.8) is 0 Å². The van der Waals surface area contributed by atoms with Crippen molar-refractivity contribution >= 4 is 11.9 Å². The van der Waals surface area contributed by atoms with Crippen LogP contribution < -0.4 is 14.8 Å². The van der Waals surface area contributed by atoms with Gasteiger partial charge in [0.2, 0.25) is 6.10 Å². The summed E-state index contributed by atoms with van der Waals surface area (Å²) in [5.74, 6) is -1.00. The lowest BCUT2D eigenvalue weighted by Gasteiger charge is -2.26. The van der Waals surface area contributed by atoms with Crippen LogP contribution in [0.1, 0.15) is 0 Å². The van der Waals surface area contributed by atoms with Crippen LogP contribution in [0.25, 0.3) is 0 Å². The molecule has 1 aliphatic heterocycles. The van der Waals surface area contributed by atoms with E-state index in [0.29, 0.717) is 11.5 Å². The van der Waals surface area contributed by atoms with Crippen LogP contribution in [0.2, 0.25) is 0 Å². The van der Waals surface area contributed by atoms with E-state index in [9.17, 15) is 9.59 Å². The van der Waals surface area contributed by atoms with Gasteiger partial charge >= 0.3 is 5.97 Å². The number of para-hydroxylation sites is 2. The van der Waals surface area contributed by atoms with Crippen molar-refractivity contribution in [2.45, 2.75) is 12.1 Å². The third-order valence-corrected chi connectivity index (χ3v) is 2.60. The Labute approximate surface area is 108 Å². The molecular formula is C12H13NO6. The highest BCUT2D eigenvalue weighted by Crippen LogP contribution is 2.30. The molecule has 102 valence electrons. The molecule has 3 N–H and O–H groups in total. The highest BCUT2D eigenvalue weighted by atomic mass is 16.6. The molecule has 1 aromatic rings. The first-order chi connectivity index (χ1) is 9.11. The number of amides is 1. The van der Waals surface area contributed by atoms with Crippen LogP contribution >= 0.6 is 0 Å². The number of hydrogen-bond acceptors (Lipinski definition) is 5. The summed E-state index contributed by atoms with van der Waals surface area (Å²) in [5, 5.41) is 19.7. The van der Waals surface area contributed by atoms with Crippen molar-refractivity contribution in [3.05, 3.63) is 24.3 Å². The summed E-state index contributed by atoms with van der Waals surface area (Å²) < 4.78 is 10.7. The topological polar surface area (TPSA) is 105 Å². The number of benzene rings is 1. The lowest BCUT2D eigenvalue weighted by molar-refractivity contribution is -0.144. The van der Waals surface area contributed by atoms with Crippen LogP contribution in [0.3, 0.4) is 0 Å². The maximum absolute atomic E-state index is 11.8. The van der Waals surface area contributed by atoms with Gasteiger partial charge in [0.15, 0.2) is 11.5 Å². The Balaban J connectivity index is 2.01. The van der Waals surface area contributed by atoms with Gasteiger partial charge < -0.3 is 25.0 Å². The molecule has 1 amide bonds. The lowest BCUT2D eigenvalue weighted by Crippen LogP contribution is -2.51. The fourth-order valence-electron chi connectivity index (χ4n) is 1.60. The Morgan fingerprint density at radius 2 is 2.05 bits per heavy atom. The minimum absolute atomic E-state index is 0.0133. The number of hydrogen-bond donors (Lipinski definition) is 3. The molecule has 2 rings (SSSR count). The second kappa shape index (κ2) is 5.57. The van der Waals surface area contributed by atoms with Crippen LogP contribution in [0.5, 0.6) is 11.5 Å². The molecule has 2 atom stereocenters. The van der Waals surface area contributed by atoms with E-state index >= 15 is 0 Å². The van der Waals surface area contributed by atoms with E-state index < -0.39 is 30.6 Å². The van der Waals surface area contributed by atoms with Gasteiger partial charge in [-0.3, -0.25) is 4.79 Å². The van der Waals surface area contributed by atoms with Gasteiger partial charge in [0, 0.05) is 0 Å².